The molecule has 1 heterocycles. The topological polar surface area (TPSA) is 29.5 Å². The molecule has 0 saturated carbocycles. The van der Waals surface area contributed by atoms with E-state index in [1.165, 1.54) is 0 Å². The summed E-state index contributed by atoms with van der Waals surface area (Å²) < 4.78 is 16.5. The van der Waals surface area contributed by atoms with E-state index in [1.54, 1.807) is 0 Å². The Morgan fingerprint density at radius 2 is 2.29 bits per heavy atom. The van der Waals surface area contributed by atoms with Crippen molar-refractivity contribution in [2.45, 2.75) is 12.3 Å². The van der Waals surface area contributed by atoms with Crippen molar-refractivity contribution in [2.75, 3.05) is 13.2 Å². The quantitative estimate of drug-likeness (QED) is 0.460. The molecule has 7 heavy (non-hydrogen) atoms. The number of ether oxygens (including phenoxy) is 1. The highest BCUT2D eigenvalue weighted by atomic mass is 19.1. The summed E-state index contributed by atoms with van der Waals surface area (Å²) in [5.41, 5.74) is 0. The molecule has 2 nitrogen and oxygen atoms in total. The molecule has 3 heteroatoms. The van der Waals surface area contributed by atoms with E-state index >= 15 is 0 Å². The molecule has 1 unspecified atom stereocenters. The van der Waals surface area contributed by atoms with Crippen molar-refractivity contribution in [1.82, 2.24) is 0 Å². The predicted octanol–water partition coefficient (Wildman–Crippen LogP) is -0.284. The van der Waals surface area contributed by atoms with Crippen LogP contribution >= 0.6 is 0 Å². The number of alkyl halides is 1. The lowest BCUT2D eigenvalue weighted by Crippen LogP contribution is -2.17. The van der Waals surface area contributed by atoms with Crippen LogP contribution in [0.15, 0.2) is 0 Å². The number of hydrogen-bond acceptors (Lipinski definition) is 2. The minimum absolute atomic E-state index is 0.0567. The summed E-state index contributed by atoms with van der Waals surface area (Å²) in [5, 5.41) is 8.50. The number of aliphatic hydroxyl groups excluding tert-OH is 1. The van der Waals surface area contributed by atoms with Crippen molar-refractivity contribution in [3.05, 3.63) is 0 Å². The fraction of sp³-hybridized carbons (Fsp3) is 1.00. The number of aliphatic hydroxyl groups is 1. The average molecular weight is 106 g/mol. The number of halogens is 1. The average Bonchev–Trinajstić information content (AvgIpc) is 1.91. The summed E-state index contributed by atoms with van der Waals surface area (Å²) in [7, 11) is 0. The molecule has 0 amide bonds. The van der Waals surface area contributed by atoms with Gasteiger partial charge in [-0.15, -0.1) is 0 Å². The van der Waals surface area contributed by atoms with Crippen molar-refractivity contribution in [3.63, 3.8) is 0 Å². The van der Waals surface area contributed by atoms with Gasteiger partial charge in [0.15, 0.2) is 6.17 Å². The van der Waals surface area contributed by atoms with E-state index in [4.69, 9.17) is 5.11 Å². The van der Waals surface area contributed by atoms with Crippen LogP contribution in [-0.2, 0) is 4.74 Å². The van der Waals surface area contributed by atoms with E-state index < -0.39 is 12.3 Å². The summed E-state index contributed by atoms with van der Waals surface area (Å²) in [6.45, 7) is 0.211. The van der Waals surface area contributed by atoms with E-state index in [0.29, 0.717) is 0 Å². The molecule has 0 aromatic carbocycles. The molecular weight excluding hydrogens is 99.0 g/mol. The van der Waals surface area contributed by atoms with Gasteiger partial charge in [0.05, 0.1) is 13.2 Å². The van der Waals surface area contributed by atoms with Gasteiger partial charge < -0.3 is 9.84 Å². The highest BCUT2D eigenvalue weighted by Crippen LogP contribution is 2.07. The molecule has 42 valence electrons. The zero-order valence-electron chi connectivity index (χ0n) is 3.80. The second-order valence-electron chi connectivity index (χ2n) is 1.62. The number of rotatable bonds is 0. The first-order valence-corrected chi connectivity index (χ1v) is 2.20. The first-order valence-electron chi connectivity index (χ1n) is 2.20. The fourth-order valence-electron chi connectivity index (χ4n) is 0.517. The lowest BCUT2D eigenvalue weighted by atomic mass is 10.3. The normalized spacial score (nSPS) is 42.0. The third-order valence-electron chi connectivity index (χ3n) is 0.983. The van der Waals surface area contributed by atoms with Gasteiger partial charge in [0, 0.05) is 0 Å². The molecule has 1 saturated heterocycles. The Morgan fingerprint density at radius 1 is 1.57 bits per heavy atom. The predicted molar refractivity (Wildman–Crippen MR) is 21.7 cm³/mol. The molecule has 0 spiro atoms. The molecule has 0 bridgehead atoms. The van der Waals surface area contributed by atoms with Gasteiger partial charge in [-0.2, -0.15) is 0 Å². The van der Waals surface area contributed by atoms with Gasteiger partial charge in [-0.05, 0) is 0 Å². The van der Waals surface area contributed by atoms with Crippen LogP contribution in [-0.4, -0.2) is 30.6 Å². The van der Waals surface area contributed by atoms with Crippen LogP contribution in [0.3, 0.4) is 0 Å². The lowest BCUT2D eigenvalue weighted by Gasteiger charge is -1.97. The van der Waals surface area contributed by atoms with Crippen LogP contribution in [0.2, 0.25) is 0 Å². The second kappa shape index (κ2) is 1.76. The molecule has 1 aliphatic heterocycles. The maximum absolute atomic E-state index is 11.9. The Bertz CT molecular complexity index is 58.7. The Kier molecular flexibility index (Phi) is 1.25. The third-order valence-corrected chi connectivity index (χ3v) is 0.983. The van der Waals surface area contributed by atoms with E-state index in [2.05, 4.69) is 4.74 Å². The Balaban J connectivity index is 2.33. The molecule has 0 aromatic heterocycles. The Labute approximate surface area is 40.9 Å². The Morgan fingerprint density at radius 3 is 2.43 bits per heavy atom. The molecule has 0 aromatic rings. The van der Waals surface area contributed by atoms with E-state index in [-0.39, 0.29) is 13.2 Å². The molecule has 1 fully saturated rings. The standard InChI is InChI=1S/C4H7FO2/c5-3-1-7-2-4(3)6/h3-4,6H,1-2H2/t3?,4-/m0/s1. The minimum Gasteiger partial charge on any atom is -0.388 e. The molecule has 1 rings (SSSR count). The van der Waals surface area contributed by atoms with Crippen molar-refractivity contribution >= 4 is 0 Å². The SMILES string of the molecule is O[C@H]1COCC1F. The van der Waals surface area contributed by atoms with Crippen LogP contribution in [0.5, 0.6) is 0 Å². The first-order chi connectivity index (χ1) is 3.30. The Hall–Kier alpha value is -0.150. The first kappa shape index (κ1) is 5.00. The van der Waals surface area contributed by atoms with Gasteiger partial charge >= 0.3 is 0 Å². The fourth-order valence-corrected chi connectivity index (χ4v) is 0.517. The van der Waals surface area contributed by atoms with Crippen LogP contribution in [0, 0.1) is 0 Å². The van der Waals surface area contributed by atoms with Gasteiger partial charge in [-0.1, -0.05) is 0 Å². The maximum Gasteiger partial charge on any atom is 0.151 e. The molecule has 1 aliphatic rings. The monoisotopic (exact) mass is 106 g/mol. The summed E-state index contributed by atoms with van der Waals surface area (Å²) in [6, 6.07) is 0. The van der Waals surface area contributed by atoms with Gasteiger partial charge in [0.25, 0.3) is 0 Å². The largest absolute Gasteiger partial charge is 0.388 e. The van der Waals surface area contributed by atoms with Gasteiger partial charge in [0.2, 0.25) is 0 Å². The van der Waals surface area contributed by atoms with Gasteiger partial charge in [-0.25, -0.2) is 4.39 Å². The highest BCUT2D eigenvalue weighted by molar-refractivity contribution is 4.71. The zero-order chi connectivity index (χ0) is 5.28. The van der Waals surface area contributed by atoms with E-state index in [0.717, 1.165) is 0 Å². The molecule has 0 radical (unpaired) electrons. The molecule has 1 N–H and O–H groups in total. The van der Waals surface area contributed by atoms with Crippen molar-refractivity contribution in [2.24, 2.45) is 0 Å². The molecule has 0 aliphatic carbocycles. The molecule has 2 atom stereocenters. The summed E-state index contributed by atoms with van der Waals surface area (Å²) >= 11 is 0. The lowest BCUT2D eigenvalue weighted by molar-refractivity contribution is 0.107. The minimum atomic E-state index is -1.15. The smallest absolute Gasteiger partial charge is 0.151 e. The van der Waals surface area contributed by atoms with Crippen molar-refractivity contribution < 1.29 is 14.2 Å². The van der Waals surface area contributed by atoms with Crippen molar-refractivity contribution in [3.8, 4) is 0 Å². The third kappa shape index (κ3) is 0.894. The second-order valence-corrected chi connectivity index (χ2v) is 1.62. The van der Waals surface area contributed by atoms with E-state index in [9.17, 15) is 4.39 Å². The molecular formula is C4H7FO2. The summed E-state index contributed by atoms with van der Waals surface area (Å²) in [5.74, 6) is 0. The summed E-state index contributed by atoms with van der Waals surface area (Å²) in [6.07, 6.45) is -2.03. The maximum atomic E-state index is 11.9. The number of hydrogen-bond donors (Lipinski definition) is 1. The highest BCUT2D eigenvalue weighted by Gasteiger charge is 2.24. The zero-order valence-corrected chi connectivity index (χ0v) is 3.80. The van der Waals surface area contributed by atoms with Gasteiger partial charge in [0.1, 0.15) is 6.10 Å². The summed E-state index contributed by atoms with van der Waals surface area (Å²) in [4.78, 5) is 0. The van der Waals surface area contributed by atoms with Crippen LogP contribution in [0.1, 0.15) is 0 Å². The van der Waals surface area contributed by atoms with Crippen molar-refractivity contribution in [1.29, 1.82) is 0 Å². The van der Waals surface area contributed by atoms with Crippen LogP contribution < -0.4 is 0 Å². The van der Waals surface area contributed by atoms with Gasteiger partial charge in [-0.3, -0.25) is 0 Å². The van der Waals surface area contributed by atoms with Crippen LogP contribution in [0.4, 0.5) is 4.39 Å². The van der Waals surface area contributed by atoms with Crippen LogP contribution in [0.25, 0.3) is 0 Å². The van der Waals surface area contributed by atoms with E-state index in [1.807, 2.05) is 0 Å².